The minimum atomic E-state index is -0.981. The van der Waals surface area contributed by atoms with Gasteiger partial charge in [-0.2, -0.15) is 0 Å². The smallest absolute Gasteiger partial charge is 0.306 e. The second-order valence-electron chi connectivity index (χ2n) is 4.30. The van der Waals surface area contributed by atoms with Crippen LogP contribution in [0.4, 0.5) is 0 Å². The second kappa shape index (κ2) is 6.37. The zero-order chi connectivity index (χ0) is 12.8. The second-order valence-corrected chi connectivity index (χ2v) is 4.30. The third-order valence-corrected chi connectivity index (χ3v) is 2.69. The number of rotatable bonds is 6. The van der Waals surface area contributed by atoms with Crippen molar-refractivity contribution in [1.29, 1.82) is 0 Å². The third kappa shape index (κ3) is 4.97. The lowest BCUT2D eigenvalue weighted by molar-refractivity contribution is -0.139. The minimum Gasteiger partial charge on any atom is -0.481 e. The Morgan fingerprint density at radius 1 is 1.35 bits per heavy atom. The highest BCUT2D eigenvalue weighted by atomic mass is 16.4. The molecule has 17 heavy (non-hydrogen) atoms. The number of hydrogen-bond donors (Lipinski definition) is 3. The normalized spacial score (nSPS) is 12.4. The van der Waals surface area contributed by atoms with E-state index in [1.54, 1.807) is 0 Å². The van der Waals surface area contributed by atoms with Crippen LogP contribution in [-0.2, 0) is 11.3 Å². The predicted octanol–water partition coefficient (Wildman–Crippen LogP) is 1.23. The Morgan fingerprint density at radius 3 is 2.65 bits per heavy atom. The van der Waals surface area contributed by atoms with Crippen LogP contribution in [0, 0.1) is 13.8 Å². The van der Waals surface area contributed by atoms with Crippen LogP contribution in [0.15, 0.2) is 18.2 Å². The van der Waals surface area contributed by atoms with Gasteiger partial charge < -0.3 is 15.5 Å². The molecule has 0 radical (unpaired) electrons. The van der Waals surface area contributed by atoms with Crippen molar-refractivity contribution in [2.75, 3.05) is 6.54 Å². The molecule has 3 N–H and O–H groups in total. The van der Waals surface area contributed by atoms with Crippen molar-refractivity contribution in [3.63, 3.8) is 0 Å². The van der Waals surface area contributed by atoms with Gasteiger partial charge in [0, 0.05) is 13.1 Å². The summed E-state index contributed by atoms with van der Waals surface area (Å²) in [5, 5.41) is 20.9. The highest BCUT2D eigenvalue weighted by Crippen LogP contribution is 2.09. The lowest BCUT2D eigenvalue weighted by Gasteiger charge is -2.10. The molecule has 0 aromatic heterocycles. The quantitative estimate of drug-likeness (QED) is 0.696. The Bertz CT molecular complexity index is 390. The molecule has 0 heterocycles. The van der Waals surface area contributed by atoms with Gasteiger partial charge >= 0.3 is 5.97 Å². The monoisotopic (exact) mass is 237 g/mol. The van der Waals surface area contributed by atoms with E-state index in [-0.39, 0.29) is 6.42 Å². The number of aryl methyl sites for hydroxylation is 2. The van der Waals surface area contributed by atoms with Crippen molar-refractivity contribution in [1.82, 2.24) is 5.32 Å². The molecule has 4 heteroatoms. The molecule has 0 saturated carbocycles. The molecule has 94 valence electrons. The predicted molar refractivity (Wildman–Crippen MR) is 65.9 cm³/mol. The van der Waals surface area contributed by atoms with E-state index in [1.807, 2.05) is 6.07 Å². The van der Waals surface area contributed by atoms with Crippen molar-refractivity contribution < 1.29 is 15.0 Å². The van der Waals surface area contributed by atoms with Gasteiger partial charge in [0.15, 0.2) is 0 Å². The van der Waals surface area contributed by atoms with Crippen LogP contribution in [0.2, 0.25) is 0 Å². The molecular weight excluding hydrogens is 218 g/mol. The van der Waals surface area contributed by atoms with E-state index >= 15 is 0 Å². The summed E-state index contributed by atoms with van der Waals surface area (Å²) in [6.07, 6.45) is -1.06. The molecule has 1 unspecified atom stereocenters. The minimum absolute atomic E-state index is 0.222. The molecule has 1 atom stereocenters. The van der Waals surface area contributed by atoms with Crippen LogP contribution in [-0.4, -0.2) is 28.8 Å². The third-order valence-electron chi connectivity index (χ3n) is 2.69. The number of carbonyl (C=O) groups is 1. The fraction of sp³-hybridized carbons (Fsp3) is 0.462. The van der Waals surface area contributed by atoms with Gasteiger partial charge in [0.1, 0.15) is 0 Å². The van der Waals surface area contributed by atoms with Gasteiger partial charge in [-0.15, -0.1) is 0 Å². The van der Waals surface area contributed by atoms with Crippen LogP contribution in [0.1, 0.15) is 23.1 Å². The fourth-order valence-corrected chi connectivity index (χ4v) is 1.57. The Hall–Kier alpha value is -1.39. The van der Waals surface area contributed by atoms with Crippen LogP contribution in [0.3, 0.4) is 0 Å². The number of aliphatic hydroxyl groups excluding tert-OH is 1. The number of carboxylic acid groups (broad SMARTS) is 1. The van der Waals surface area contributed by atoms with Gasteiger partial charge in [0.05, 0.1) is 12.5 Å². The van der Waals surface area contributed by atoms with Crippen molar-refractivity contribution >= 4 is 5.97 Å². The van der Waals surface area contributed by atoms with E-state index < -0.39 is 12.1 Å². The molecule has 1 rings (SSSR count). The van der Waals surface area contributed by atoms with E-state index in [9.17, 15) is 9.90 Å². The maximum atomic E-state index is 10.3. The van der Waals surface area contributed by atoms with E-state index in [1.165, 1.54) is 11.1 Å². The summed E-state index contributed by atoms with van der Waals surface area (Å²) >= 11 is 0. The summed E-state index contributed by atoms with van der Waals surface area (Å²) in [6.45, 7) is 5.04. The van der Waals surface area contributed by atoms with Crippen LogP contribution in [0.5, 0.6) is 0 Å². The number of hydrogen-bond acceptors (Lipinski definition) is 3. The van der Waals surface area contributed by atoms with Gasteiger partial charge in [-0.1, -0.05) is 18.2 Å². The zero-order valence-electron chi connectivity index (χ0n) is 10.2. The Labute approximate surface area is 101 Å². The topological polar surface area (TPSA) is 69.6 Å². The van der Waals surface area contributed by atoms with E-state index in [0.717, 1.165) is 5.56 Å². The highest BCUT2D eigenvalue weighted by Gasteiger charge is 2.08. The first kappa shape index (κ1) is 13.7. The van der Waals surface area contributed by atoms with Crippen molar-refractivity contribution in [3.8, 4) is 0 Å². The zero-order valence-corrected chi connectivity index (χ0v) is 10.2. The average molecular weight is 237 g/mol. The summed E-state index contributed by atoms with van der Waals surface area (Å²) in [4.78, 5) is 10.3. The Balaban J connectivity index is 2.35. The molecule has 0 saturated heterocycles. The van der Waals surface area contributed by atoms with Gasteiger partial charge in [0.25, 0.3) is 0 Å². The maximum absolute atomic E-state index is 10.3. The summed E-state index contributed by atoms with van der Waals surface area (Å²) in [6, 6.07) is 6.17. The molecule has 4 nitrogen and oxygen atoms in total. The van der Waals surface area contributed by atoms with Gasteiger partial charge in [-0.25, -0.2) is 0 Å². The van der Waals surface area contributed by atoms with Gasteiger partial charge in [0.2, 0.25) is 0 Å². The summed E-state index contributed by atoms with van der Waals surface area (Å²) < 4.78 is 0. The van der Waals surface area contributed by atoms with E-state index in [4.69, 9.17) is 5.11 Å². The summed E-state index contributed by atoms with van der Waals surface area (Å²) in [5.41, 5.74) is 3.62. The molecule has 0 amide bonds. The first-order valence-corrected chi connectivity index (χ1v) is 5.65. The molecule has 0 aliphatic heterocycles. The first-order valence-electron chi connectivity index (χ1n) is 5.65. The molecule has 0 bridgehead atoms. The van der Waals surface area contributed by atoms with Crippen molar-refractivity contribution in [2.45, 2.75) is 32.9 Å². The van der Waals surface area contributed by atoms with E-state index in [2.05, 4.69) is 31.3 Å². The fourth-order valence-electron chi connectivity index (χ4n) is 1.57. The van der Waals surface area contributed by atoms with Crippen LogP contribution in [0.25, 0.3) is 0 Å². The summed E-state index contributed by atoms with van der Waals surface area (Å²) in [5.74, 6) is -0.981. The molecule has 1 aromatic carbocycles. The standard InChI is InChI=1S/C13H19NO3/c1-9-3-4-11(5-10(9)2)7-14-8-12(15)6-13(16)17/h3-5,12,14-15H,6-8H2,1-2H3,(H,16,17). The molecular formula is C13H19NO3. The Kier molecular flexibility index (Phi) is 5.12. The molecule has 0 aliphatic carbocycles. The van der Waals surface area contributed by atoms with E-state index in [0.29, 0.717) is 13.1 Å². The SMILES string of the molecule is Cc1ccc(CNCC(O)CC(=O)O)cc1C. The lowest BCUT2D eigenvalue weighted by Crippen LogP contribution is -2.28. The number of carboxylic acids is 1. The number of aliphatic hydroxyl groups is 1. The van der Waals surface area contributed by atoms with Gasteiger partial charge in [-0.3, -0.25) is 4.79 Å². The largest absolute Gasteiger partial charge is 0.481 e. The van der Waals surface area contributed by atoms with Crippen LogP contribution < -0.4 is 5.32 Å². The number of nitrogens with one attached hydrogen (secondary N) is 1. The van der Waals surface area contributed by atoms with Crippen molar-refractivity contribution in [2.24, 2.45) is 0 Å². The molecule has 0 spiro atoms. The number of benzene rings is 1. The molecule has 0 fully saturated rings. The maximum Gasteiger partial charge on any atom is 0.306 e. The summed E-state index contributed by atoms with van der Waals surface area (Å²) in [7, 11) is 0. The van der Waals surface area contributed by atoms with Gasteiger partial charge in [-0.05, 0) is 30.5 Å². The molecule has 0 aliphatic rings. The average Bonchev–Trinajstić information content (AvgIpc) is 2.22. The van der Waals surface area contributed by atoms with Crippen LogP contribution >= 0.6 is 0 Å². The number of aliphatic carboxylic acids is 1. The molecule has 1 aromatic rings. The first-order chi connectivity index (χ1) is 7.99. The Morgan fingerprint density at radius 2 is 2.06 bits per heavy atom. The highest BCUT2D eigenvalue weighted by molar-refractivity contribution is 5.67. The van der Waals surface area contributed by atoms with Crippen molar-refractivity contribution in [3.05, 3.63) is 34.9 Å². The lowest BCUT2D eigenvalue weighted by atomic mass is 10.1.